The molecule has 2 rings (SSSR count). The molecule has 1 aliphatic carbocycles. The highest BCUT2D eigenvalue weighted by molar-refractivity contribution is 14.0. The Hall–Kier alpha value is -0.410. The molecule has 0 radical (unpaired) electrons. The van der Waals surface area contributed by atoms with Crippen LogP contribution >= 0.6 is 35.3 Å². The number of rotatable bonds is 10. The molecule has 1 fully saturated rings. The fourth-order valence-electron chi connectivity index (χ4n) is 3.14. The van der Waals surface area contributed by atoms with E-state index in [0.29, 0.717) is 12.0 Å². The van der Waals surface area contributed by atoms with E-state index in [2.05, 4.69) is 39.8 Å². The summed E-state index contributed by atoms with van der Waals surface area (Å²) in [7, 11) is 1.81. The van der Waals surface area contributed by atoms with E-state index in [4.69, 9.17) is 4.74 Å². The van der Waals surface area contributed by atoms with Crippen LogP contribution in [0.5, 0.6) is 0 Å². The van der Waals surface area contributed by atoms with E-state index in [-0.39, 0.29) is 24.0 Å². The SMILES string of the molecule is CN=C(NCCCCCOC1CCCCC1)NCc1nc(C(C)C)cs1.I. The van der Waals surface area contributed by atoms with Gasteiger partial charge in [-0.1, -0.05) is 33.1 Å². The number of guanidine groups is 1. The molecule has 0 atom stereocenters. The predicted octanol–water partition coefficient (Wildman–Crippen LogP) is 5.07. The lowest BCUT2D eigenvalue weighted by atomic mass is 9.98. The first kappa shape index (κ1) is 24.6. The minimum Gasteiger partial charge on any atom is -0.378 e. The molecule has 2 N–H and O–H groups in total. The molecule has 0 bridgehead atoms. The maximum Gasteiger partial charge on any atom is 0.191 e. The summed E-state index contributed by atoms with van der Waals surface area (Å²) in [6.07, 6.45) is 10.6. The number of unbranched alkanes of at least 4 members (excludes halogenated alkanes) is 2. The van der Waals surface area contributed by atoms with Crippen molar-refractivity contribution in [2.45, 2.75) is 83.8 Å². The molecule has 0 saturated heterocycles. The van der Waals surface area contributed by atoms with Crippen LogP contribution in [0.4, 0.5) is 0 Å². The fourth-order valence-corrected chi connectivity index (χ4v) is 4.04. The van der Waals surface area contributed by atoms with Crippen LogP contribution in [0.3, 0.4) is 0 Å². The number of hydrogen-bond acceptors (Lipinski definition) is 4. The van der Waals surface area contributed by atoms with Crippen molar-refractivity contribution < 1.29 is 4.74 Å². The molecule has 0 unspecified atom stereocenters. The lowest BCUT2D eigenvalue weighted by Gasteiger charge is -2.21. The van der Waals surface area contributed by atoms with Gasteiger partial charge >= 0.3 is 0 Å². The fraction of sp³-hybridized carbons (Fsp3) is 0.800. The molecule has 1 aromatic rings. The molecule has 7 heteroatoms. The van der Waals surface area contributed by atoms with Gasteiger partial charge in [0.2, 0.25) is 0 Å². The van der Waals surface area contributed by atoms with Crippen molar-refractivity contribution in [3.63, 3.8) is 0 Å². The van der Waals surface area contributed by atoms with E-state index in [1.807, 2.05) is 7.05 Å². The summed E-state index contributed by atoms with van der Waals surface area (Å²) in [6, 6.07) is 0. The van der Waals surface area contributed by atoms with Crippen molar-refractivity contribution in [3.8, 4) is 0 Å². The topological polar surface area (TPSA) is 58.5 Å². The monoisotopic (exact) mass is 508 g/mol. The zero-order chi connectivity index (χ0) is 18.6. The van der Waals surface area contributed by atoms with Crippen molar-refractivity contribution >= 4 is 41.3 Å². The summed E-state index contributed by atoms with van der Waals surface area (Å²) in [4.78, 5) is 8.93. The molecule has 5 nitrogen and oxygen atoms in total. The van der Waals surface area contributed by atoms with Crippen molar-refractivity contribution in [2.24, 2.45) is 4.99 Å². The summed E-state index contributed by atoms with van der Waals surface area (Å²) in [5, 5.41) is 9.98. The average Bonchev–Trinajstić information content (AvgIpc) is 3.13. The van der Waals surface area contributed by atoms with Gasteiger partial charge in [0.25, 0.3) is 0 Å². The third kappa shape index (κ3) is 10.1. The highest BCUT2D eigenvalue weighted by atomic mass is 127. The Morgan fingerprint density at radius 3 is 2.67 bits per heavy atom. The number of hydrogen-bond donors (Lipinski definition) is 2. The maximum atomic E-state index is 5.98. The Morgan fingerprint density at radius 1 is 1.22 bits per heavy atom. The number of nitrogens with one attached hydrogen (secondary N) is 2. The van der Waals surface area contributed by atoms with Gasteiger partial charge in [0.1, 0.15) is 5.01 Å². The molecular weight excluding hydrogens is 471 g/mol. The molecule has 1 aliphatic rings. The Balaban J connectivity index is 0.00000364. The molecule has 0 aromatic carbocycles. The van der Waals surface area contributed by atoms with E-state index >= 15 is 0 Å². The van der Waals surface area contributed by atoms with Crippen LogP contribution in [-0.4, -0.2) is 37.2 Å². The molecule has 1 aromatic heterocycles. The third-order valence-electron chi connectivity index (χ3n) is 4.81. The van der Waals surface area contributed by atoms with Gasteiger partial charge < -0.3 is 15.4 Å². The minimum atomic E-state index is 0. The quantitative estimate of drug-likeness (QED) is 0.201. The number of thiazole rings is 1. The highest BCUT2D eigenvalue weighted by Gasteiger charge is 2.12. The van der Waals surface area contributed by atoms with Gasteiger partial charge in [-0.2, -0.15) is 0 Å². The molecule has 27 heavy (non-hydrogen) atoms. The first-order valence-electron chi connectivity index (χ1n) is 10.2. The van der Waals surface area contributed by atoms with Crippen molar-refractivity contribution in [2.75, 3.05) is 20.2 Å². The van der Waals surface area contributed by atoms with Crippen molar-refractivity contribution in [1.82, 2.24) is 15.6 Å². The number of aromatic nitrogens is 1. The van der Waals surface area contributed by atoms with Gasteiger partial charge in [-0.15, -0.1) is 35.3 Å². The normalized spacial score (nSPS) is 15.6. The largest absolute Gasteiger partial charge is 0.378 e. The summed E-state index contributed by atoms with van der Waals surface area (Å²) in [6.45, 7) is 6.93. The number of halogens is 1. The zero-order valence-electron chi connectivity index (χ0n) is 17.1. The minimum absolute atomic E-state index is 0. The van der Waals surface area contributed by atoms with Crippen LogP contribution < -0.4 is 10.6 Å². The van der Waals surface area contributed by atoms with Gasteiger partial charge in [-0.3, -0.25) is 4.99 Å². The van der Waals surface area contributed by atoms with Crippen molar-refractivity contribution in [3.05, 3.63) is 16.1 Å². The van der Waals surface area contributed by atoms with Crippen LogP contribution in [0.25, 0.3) is 0 Å². The first-order valence-corrected chi connectivity index (χ1v) is 11.1. The predicted molar refractivity (Wildman–Crippen MR) is 126 cm³/mol. The van der Waals surface area contributed by atoms with Gasteiger partial charge in [0.05, 0.1) is 18.3 Å². The molecule has 1 heterocycles. The second-order valence-corrected chi connectivity index (χ2v) is 8.31. The van der Waals surface area contributed by atoms with Crippen LogP contribution in [0, 0.1) is 0 Å². The zero-order valence-corrected chi connectivity index (χ0v) is 20.3. The summed E-state index contributed by atoms with van der Waals surface area (Å²) < 4.78 is 5.98. The van der Waals surface area contributed by atoms with E-state index in [1.165, 1.54) is 44.2 Å². The number of aliphatic imine (C=N–C) groups is 1. The molecular formula is C20H37IN4OS. The summed E-state index contributed by atoms with van der Waals surface area (Å²) in [5.41, 5.74) is 1.17. The molecule has 1 saturated carbocycles. The van der Waals surface area contributed by atoms with Crippen LogP contribution in [-0.2, 0) is 11.3 Å². The third-order valence-corrected chi connectivity index (χ3v) is 5.68. The Kier molecular flexibility index (Phi) is 13.3. The molecule has 0 aliphatic heterocycles. The van der Waals surface area contributed by atoms with E-state index < -0.39 is 0 Å². The summed E-state index contributed by atoms with van der Waals surface area (Å²) >= 11 is 1.71. The Bertz CT molecular complexity index is 530. The average molecular weight is 509 g/mol. The smallest absolute Gasteiger partial charge is 0.191 e. The first-order chi connectivity index (χ1) is 12.7. The Morgan fingerprint density at radius 2 is 2.00 bits per heavy atom. The van der Waals surface area contributed by atoms with E-state index in [9.17, 15) is 0 Å². The lowest BCUT2D eigenvalue weighted by molar-refractivity contribution is 0.0264. The number of nitrogens with zero attached hydrogens (tertiary/aromatic N) is 2. The van der Waals surface area contributed by atoms with Crippen LogP contribution in [0.15, 0.2) is 10.4 Å². The van der Waals surface area contributed by atoms with Gasteiger partial charge in [0, 0.05) is 25.6 Å². The van der Waals surface area contributed by atoms with Gasteiger partial charge in [-0.05, 0) is 38.0 Å². The molecule has 0 spiro atoms. The lowest BCUT2D eigenvalue weighted by Crippen LogP contribution is -2.37. The molecule has 156 valence electrons. The molecule has 0 amide bonds. The summed E-state index contributed by atoms with van der Waals surface area (Å²) in [5.74, 6) is 1.34. The van der Waals surface area contributed by atoms with Crippen LogP contribution in [0.1, 0.15) is 81.8 Å². The second-order valence-electron chi connectivity index (χ2n) is 7.36. The second kappa shape index (κ2) is 14.6. The maximum absolute atomic E-state index is 5.98. The van der Waals surface area contributed by atoms with Gasteiger partial charge in [-0.25, -0.2) is 4.98 Å². The van der Waals surface area contributed by atoms with E-state index in [0.717, 1.165) is 43.5 Å². The van der Waals surface area contributed by atoms with Gasteiger partial charge in [0.15, 0.2) is 5.96 Å². The Labute approximate surface area is 186 Å². The van der Waals surface area contributed by atoms with Crippen LogP contribution in [0.2, 0.25) is 0 Å². The highest BCUT2D eigenvalue weighted by Crippen LogP contribution is 2.20. The number of ether oxygens (including phenoxy) is 1. The van der Waals surface area contributed by atoms with Crippen molar-refractivity contribution in [1.29, 1.82) is 0 Å². The standard InChI is InChI=1S/C20H36N4OS.HI/c1-16(2)18-15-26-19(24-18)14-23-20(21-3)22-12-8-5-9-13-25-17-10-6-4-7-11-17;/h15-17H,4-14H2,1-3H3,(H2,21,22,23);1H. The van der Waals surface area contributed by atoms with E-state index in [1.54, 1.807) is 11.3 Å².